The molecule has 220 valence electrons. The number of aromatic amines is 1. The molecule has 6 rings (SSSR count). The number of ether oxygens (including phenoxy) is 2. The Hall–Kier alpha value is -3.24. The van der Waals surface area contributed by atoms with Crippen molar-refractivity contribution in [2.45, 2.75) is 43.9 Å². The number of imidazole rings is 2. The van der Waals surface area contributed by atoms with Crippen molar-refractivity contribution in [3.8, 4) is 0 Å². The SMILES string of the molecule is Nc1nc2c(ncn2[C@H]2C[C@H](C[PH](=O)OCC3CC[C@H](n4cnc5c(N)ncnc54)O3)C(CO[PH](=O)O)O2)c(=O)[nH]1. The van der Waals surface area contributed by atoms with Gasteiger partial charge in [-0.3, -0.25) is 28.0 Å². The van der Waals surface area contributed by atoms with Gasteiger partial charge in [-0.15, -0.1) is 0 Å². The highest BCUT2D eigenvalue weighted by Gasteiger charge is 2.39. The van der Waals surface area contributed by atoms with Crippen molar-refractivity contribution < 1.29 is 32.5 Å². The molecule has 4 aromatic heterocycles. The van der Waals surface area contributed by atoms with Crippen molar-refractivity contribution in [2.24, 2.45) is 5.92 Å². The summed E-state index contributed by atoms with van der Waals surface area (Å²) in [5.41, 5.74) is 12.5. The second-order valence-corrected chi connectivity index (χ2v) is 12.0. The van der Waals surface area contributed by atoms with E-state index in [-0.39, 0.29) is 60.6 Å². The van der Waals surface area contributed by atoms with E-state index in [0.29, 0.717) is 30.4 Å². The number of hydrogen-bond acceptors (Lipinski definition) is 14. The average Bonchev–Trinajstić information content (AvgIpc) is 3.71. The highest BCUT2D eigenvalue weighted by Crippen LogP contribution is 2.41. The Kier molecular flexibility index (Phi) is 7.87. The quantitative estimate of drug-likeness (QED) is 0.179. The topological polar surface area (TPSA) is 250 Å². The van der Waals surface area contributed by atoms with Crippen molar-refractivity contribution in [3.05, 3.63) is 29.3 Å². The van der Waals surface area contributed by atoms with Crippen LogP contribution in [0.2, 0.25) is 0 Å². The minimum Gasteiger partial charge on any atom is -0.382 e. The minimum absolute atomic E-state index is 0.0778. The van der Waals surface area contributed by atoms with Crippen molar-refractivity contribution in [1.82, 2.24) is 39.0 Å². The molecule has 2 aliphatic heterocycles. The van der Waals surface area contributed by atoms with Gasteiger partial charge in [0.1, 0.15) is 24.3 Å². The highest BCUT2D eigenvalue weighted by molar-refractivity contribution is 7.39. The van der Waals surface area contributed by atoms with Crippen LogP contribution in [-0.2, 0) is 27.7 Å². The summed E-state index contributed by atoms with van der Waals surface area (Å²) in [5, 5.41) is 0. The van der Waals surface area contributed by atoms with Gasteiger partial charge in [0.25, 0.3) is 5.56 Å². The van der Waals surface area contributed by atoms with Crippen LogP contribution in [0.1, 0.15) is 31.7 Å². The second kappa shape index (κ2) is 11.6. The number of nitrogens with one attached hydrogen (secondary N) is 1. The summed E-state index contributed by atoms with van der Waals surface area (Å²) in [6.07, 6.45) is 4.31. The van der Waals surface area contributed by atoms with Crippen LogP contribution in [0.4, 0.5) is 11.8 Å². The van der Waals surface area contributed by atoms with Gasteiger partial charge in [0.05, 0.1) is 38.1 Å². The molecule has 4 aromatic rings. The van der Waals surface area contributed by atoms with Gasteiger partial charge in [-0.1, -0.05) is 0 Å². The lowest BCUT2D eigenvalue weighted by molar-refractivity contribution is -0.0234. The second-order valence-electron chi connectivity index (χ2n) is 9.74. The van der Waals surface area contributed by atoms with Crippen LogP contribution >= 0.6 is 16.3 Å². The molecule has 2 saturated heterocycles. The minimum atomic E-state index is -3.21. The fourth-order valence-corrected chi connectivity index (χ4v) is 6.86. The molecule has 0 bridgehead atoms. The van der Waals surface area contributed by atoms with E-state index in [1.54, 1.807) is 15.5 Å². The van der Waals surface area contributed by atoms with Crippen molar-refractivity contribution in [3.63, 3.8) is 0 Å². The molecule has 6 heterocycles. The van der Waals surface area contributed by atoms with Crippen molar-refractivity contribution in [1.29, 1.82) is 0 Å². The zero-order valence-electron chi connectivity index (χ0n) is 21.5. The summed E-state index contributed by atoms with van der Waals surface area (Å²) in [5.74, 6) is -0.135. The molecule has 0 radical (unpaired) electrons. The first kappa shape index (κ1) is 27.9. The van der Waals surface area contributed by atoms with E-state index in [1.807, 2.05) is 0 Å². The first-order chi connectivity index (χ1) is 19.8. The summed E-state index contributed by atoms with van der Waals surface area (Å²) in [6.45, 7) is -0.0631. The van der Waals surface area contributed by atoms with Crippen LogP contribution in [0.3, 0.4) is 0 Å². The summed E-state index contributed by atoms with van der Waals surface area (Å²) >= 11 is 0. The third kappa shape index (κ3) is 5.77. The molecule has 0 amide bonds. The van der Waals surface area contributed by atoms with E-state index in [0.717, 1.165) is 0 Å². The molecular formula is C21H28N10O8P2. The Balaban J connectivity index is 1.08. The van der Waals surface area contributed by atoms with Crippen LogP contribution in [0.5, 0.6) is 0 Å². The van der Waals surface area contributed by atoms with Gasteiger partial charge in [-0.2, -0.15) is 4.98 Å². The number of nitrogens with zero attached hydrogens (tertiary/aromatic N) is 7. The average molecular weight is 610 g/mol. The summed E-state index contributed by atoms with van der Waals surface area (Å²) in [4.78, 5) is 44.5. The Morgan fingerprint density at radius 3 is 2.59 bits per heavy atom. The van der Waals surface area contributed by atoms with E-state index in [1.165, 1.54) is 12.7 Å². The van der Waals surface area contributed by atoms with Crippen LogP contribution < -0.4 is 17.0 Å². The molecule has 20 heteroatoms. The van der Waals surface area contributed by atoms with Crippen LogP contribution in [0.25, 0.3) is 22.3 Å². The van der Waals surface area contributed by atoms with Crippen LogP contribution in [0.15, 0.2) is 23.8 Å². The van der Waals surface area contributed by atoms with Crippen molar-refractivity contribution >= 4 is 50.4 Å². The number of aromatic nitrogens is 8. The predicted molar refractivity (Wildman–Crippen MR) is 144 cm³/mol. The number of rotatable bonds is 10. The predicted octanol–water partition coefficient (Wildman–Crippen LogP) is 0.595. The first-order valence-electron chi connectivity index (χ1n) is 12.7. The fourth-order valence-electron chi connectivity index (χ4n) is 5.21. The monoisotopic (exact) mass is 610 g/mol. The maximum absolute atomic E-state index is 13.0. The Morgan fingerprint density at radius 1 is 1.00 bits per heavy atom. The number of nitrogens with two attached hydrogens (primary N) is 2. The standard InChI is InChI=1S/C21H28N10O8P2/c22-17-15-18(25-7-24-17)30(8-26-15)13-2-1-11(38-13)4-36-40(33)6-10-3-14(39-12(10)5-37-41(34)35)31-9-27-16-19(31)28-21(23)29-20(16)32/h7-14,40-41H,1-6H2,(H,34,35)(H2,22,24,25)(H3,23,28,29,32)/t10-,11?,12?,13-,14-/m1/s1. The third-order valence-corrected chi connectivity index (χ3v) is 8.90. The molecule has 2 aliphatic rings. The molecule has 7 atom stereocenters. The normalized spacial score (nSPS) is 26.2. The summed E-state index contributed by atoms with van der Waals surface area (Å²) in [6, 6.07) is 0. The van der Waals surface area contributed by atoms with E-state index >= 15 is 0 Å². The number of fused-ring (bicyclic) bond motifs is 2. The highest BCUT2D eigenvalue weighted by atomic mass is 31.1. The third-order valence-electron chi connectivity index (χ3n) is 7.14. The molecule has 4 unspecified atom stereocenters. The molecule has 6 N–H and O–H groups in total. The lowest BCUT2D eigenvalue weighted by atomic mass is 10.0. The Labute approximate surface area is 232 Å². The zero-order chi connectivity index (χ0) is 28.7. The number of nitrogen functional groups attached to an aromatic ring is 2. The molecule has 0 saturated carbocycles. The Morgan fingerprint density at radius 2 is 1.78 bits per heavy atom. The van der Waals surface area contributed by atoms with Crippen LogP contribution in [0, 0.1) is 5.92 Å². The molecule has 0 spiro atoms. The molecule has 0 aromatic carbocycles. The smallest absolute Gasteiger partial charge is 0.316 e. The van der Waals surface area contributed by atoms with Gasteiger partial charge >= 0.3 is 8.25 Å². The molecular weight excluding hydrogens is 582 g/mol. The van der Waals surface area contributed by atoms with Gasteiger partial charge in [0.2, 0.25) is 5.95 Å². The van der Waals surface area contributed by atoms with Gasteiger partial charge in [0, 0.05) is 12.1 Å². The van der Waals surface area contributed by atoms with Gasteiger partial charge in [0.15, 0.2) is 30.7 Å². The molecule has 0 aliphatic carbocycles. The van der Waals surface area contributed by atoms with Crippen molar-refractivity contribution in [2.75, 3.05) is 30.8 Å². The summed E-state index contributed by atoms with van der Waals surface area (Å²) < 4.78 is 50.4. The lowest BCUT2D eigenvalue weighted by Gasteiger charge is -2.18. The van der Waals surface area contributed by atoms with Gasteiger partial charge < -0.3 is 34.9 Å². The number of anilines is 2. The van der Waals surface area contributed by atoms with E-state index in [4.69, 9.17) is 30.0 Å². The van der Waals surface area contributed by atoms with E-state index in [2.05, 4.69) is 29.9 Å². The van der Waals surface area contributed by atoms with Crippen LogP contribution in [-0.4, -0.2) is 75.5 Å². The van der Waals surface area contributed by atoms with Gasteiger partial charge in [-0.05, 0) is 19.3 Å². The van der Waals surface area contributed by atoms with Gasteiger partial charge in [-0.25, -0.2) is 19.9 Å². The molecule has 18 nitrogen and oxygen atoms in total. The maximum atomic E-state index is 13.0. The fraction of sp³-hybridized carbons (Fsp3) is 0.524. The lowest BCUT2D eigenvalue weighted by Crippen LogP contribution is -2.23. The van der Waals surface area contributed by atoms with E-state index < -0.39 is 34.2 Å². The maximum Gasteiger partial charge on any atom is 0.316 e. The molecule has 41 heavy (non-hydrogen) atoms. The number of H-pyrrole nitrogens is 1. The molecule has 2 fully saturated rings. The zero-order valence-corrected chi connectivity index (χ0v) is 23.5. The number of hydrogen-bond donors (Lipinski definition) is 4. The largest absolute Gasteiger partial charge is 0.382 e. The Bertz CT molecular complexity index is 1680. The first-order valence-corrected chi connectivity index (χ1v) is 15.5. The summed E-state index contributed by atoms with van der Waals surface area (Å²) in [7, 11) is -5.77. The van der Waals surface area contributed by atoms with E-state index in [9.17, 15) is 18.8 Å².